The first-order valence-corrected chi connectivity index (χ1v) is 7.59. The number of rotatable bonds is 6. The largest absolute Gasteiger partial charge is 0.481 e. The number of Topliss-reactive ketones (excluding diaryl/α,β-unsaturated/α-hetero) is 1. The maximum absolute atomic E-state index is 10.9. The van der Waals surface area contributed by atoms with Crippen LogP contribution in [0.2, 0.25) is 19.6 Å². The van der Waals surface area contributed by atoms with Crippen molar-refractivity contribution in [3.63, 3.8) is 0 Å². The second-order valence-corrected chi connectivity index (χ2v) is 8.33. The highest BCUT2D eigenvalue weighted by Crippen LogP contribution is 2.03. The van der Waals surface area contributed by atoms with Crippen LogP contribution in [0.3, 0.4) is 0 Å². The Morgan fingerprint density at radius 1 is 1.31 bits per heavy atom. The van der Waals surface area contributed by atoms with Crippen molar-refractivity contribution in [2.75, 3.05) is 6.61 Å². The molecule has 0 saturated carbocycles. The summed E-state index contributed by atoms with van der Waals surface area (Å²) in [6, 6.07) is 0. The number of carboxylic acid groups (broad SMARTS) is 1. The van der Waals surface area contributed by atoms with Crippen molar-refractivity contribution in [2.45, 2.75) is 32.5 Å². The van der Waals surface area contributed by atoms with E-state index in [1.807, 2.05) is 19.6 Å². The van der Waals surface area contributed by atoms with Crippen LogP contribution >= 0.6 is 0 Å². The van der Waals surface area contributed by atoms with Gasteiger partial charge in [0.2, 0.25) is 0 Å². The van der Waals surface area contributed by atoms with Gasteiger partial charge in [0.25, 0.3) is 0 Å². The van der Waals surface area contributed by atoms with Gasteiger partial charge >= 0.3 is 5.97 Å². The van der Waals surface area contributed by atoms with Crippen LogP contribution in [0, 0.1) is 0 Å². The first kappa shape index (κ1) is 12.3. The lowest BCUT2D eigenvalue weighted by Gasteiger charge is -2.16. The van der Waals surface area contributed by atoms with Gasteiger partial charge in [0.1, 0.15) is 12.2 Å². The summed E-state index contributed by atoms with van der Waals surface area (Å²) in [5.74, 6) is -1.34. The average Bonchev–Trinajstić information content (AvgIpc) is 1.81. The molecule has 0 aliphatic carbocycles. The fraction of sp³-hybridized carbons (Fsp3) is 0.750. The molecule has 0 aromatic carbocycles. The number of carbonyl (C=O) groups is 2. The monoisotopic (exact) mass is 204 g/mol. The van der Waals surface area contributed by atoms with Gasteiger partial charge in [-0.15, -0.1) is 0 Å². The van der Waals surface area contributed by atoms with Gasteiger partial charge < -0.3 is 9.53 Å². The van der Waals surface area contributed by atoms with Gasteiger partial charge in [0.05, 0.1) is 0 Å². The van der Waals surface area contributed by atoms with E-state index in [9.17, 15) is 9.59 Å². The number of carbonyl (C=O) groups excluding carboxylic acids is 1. The molecule has 0 saturated heterocycles. The van der Waals surface area contributed by atoms with E-state index < -0.39 is 20.7 Å². The Morgan fingerprint density at radius 3 is 2.23 bits per heavy atom. The fourth-order valence-corrected chi connectivity index (χ4v) is 1.44. The molecule has 5 heteroatoms. The van der Waals surface area contributed by atoms with Crippen molar-refractivity contribution in [1.82, 2.24) is 0 Å². The third-order valence-electron chi connectivity index (χ3n) is 1.26. The fourth-order valence-electron chi connectivity index (χ4n) is 0.728. The first-order valence-electron chi connectivity index (χ1n) is 4.19. The molecule has 0 spiro atoms. The second kappa shape index (κ2) is 5.13. The molecule has 4 nitrogen and oxygen atoms in total. The molecule has 0 unspecified atom stereocenters. The molecule has 0 atom stereocenters. The maximum Gasteiger partial charge on any atom is 0.310 e. The molecule has 0 aromatic heterocycles. The summed E-state index contributed by atoms with van der Waals surface area (Å²) < 4.78 is 5.41. The number of ketones is 1. The second-order valence-electron chi connectivity index (χ2n) is 3.82. The van der Waals surface area contributed by atoms with E-state index in [2.05, 4.69) is 0 Å². The van der Waals surface area contributed by atoms with Crippen LogP contribution in [-0.4, -0.2) is 31.8 Å². The molecule has 0 rings (SSSR count). The lowest BCUT2D eigenvalue weighted by atomic mass is 10.2. The molecular weight excluding hydrogens is 188 g/mol. The summed E-state index contributed by atoms with van der Waals surface area (Å²) in [4.78, 5) is 21.0. The Hall–Kier alpha value is -0.683. The van der Waals surface area contributed by atoms with Crippen LogP contribution in [0.15, 0.2) is 0 Å². The third-order valence-corrected chi connectivity index (χ3v) is 2.33. The van der Waals surface area contributed by atoms with Crippen LogP contribution in [-0.2, 0) is 14.0 Å². The molecule has 0 amide bonds. The van der Waals surface area contributed by atoms with E-state index in [0.29, 0.717) is 6.61 Å². The highest BCUT2D eigenvalue weighted by molar-refractivity contribution is 6.69. The molecule has 13 heavy (non-hydrogen) atoms. The number of aliphatic carboxylic acids is 1. The summed E-state index contributed by atoms with van der Waals surface area (Å²) in [5.41, 5.74) is 0. The Bertz CT molecular complexity index is 195. The Morgan fingerprint density at radius 2 is 1.85 bits per heavy atom. The highest BCUT2D eigenvalue weighted by atomic mass is 28.4. The summed E-state index contributed by atoms with van der Waals surface area (Å²) in [5, 5.41) is 8.29. The van der Waals surface area contributed by atoms with Gasteiger partial charge in [-0.3, -0.25) is 9.59 Å². The minimum atomic E-state index is -1.56. The van der Waals surface area contributed by atoms with Crippen molar-refractivity contribution < 1.29 is 19.1 Å². The van der Waals surface area contributed by atoms with E-state index in [0.717, 1.165) is 0 Å². The topological polar surface area (TPSA) is 63.6 Å². The zero-order valence-electron chi connectivity index (χ0n) is 8.29. The number of carboxylic acids is 1. The summed E-state index contributed by atoms with van der Waals surface area (Å²) in [7, 11) is -1.56. The van der Waals surface area contributed by atoms with E-state index >= 15 is 0 Å². The quantitative estimate of drug-likeness (QED) is 0.523. The summed E-state index contributed by atoms with van der Waals surface area (Å²) in [6.45, 7) is 6.42. The van der Waals surface area contributed by atoms with Gasteiger partial charge in [-0.1, -0.05) is 0 Å². The third kappa shape index (κ3) is 9.23. The van der Waals surface area contributed by atoms with E-state index in [1.165, 1.54) is 0 Å². The Labute approximate surface area is 79.0 Å². The Balaban J connectivity index is 3.54. The molecule has 76 valence electrons. The smallest absolute Gasteiger partial charge is 0.310 e. The summed E-state index contributed by atoms with van der Waals surface area (Å²) >= 11 is 0. The van der Waals surface area contributed by atoms with Crippen LogP contribution in [0.5, 0.6) is 0 Å². The van der Waals surface area contributed by atoms with E-state index in [4.69, 9.17) is 9.53 Å². The van der Waals surface area contributed by atoms with E-state index in [-0.39, 0.29) is 12.2 Å². The number of hydrogen-bond donors (Lipinski definition) is 1. The van der Waals surface area contributed by atoms with Gasteiger partial charge in [-0.2, -0.15) is 0 Å². The zero-order valence-corrected chi connectivity index (χ0v) is 9.29. The first-order chi connectivity index (χ1) is 5.81. The molecule has 0 aliphatic rings. The van der Waals surface area contributed by atoms with Crippen molar-refractivity contribution in [2.24, 2.45) is 0 Å². The molecule has 0 fully saturated rings. The van der Waals surface area contributed by atoms with Crippen LogP contribution in [0.4, 0.5) is 0 Å². The SMILES string of the molecule is C[Si](C)(C)OCCC(=O)CC(=O)O. The maximum atomic E-state index is 10.9. The molecule has 0 aliphatic heterocycles. The van der Waals surface area contributed by atoms with E-state index in [1.54, 1.807) is 0 Å². The minimum absolute atomic E-state index is 0.205. The van der Waals surface area contributed by atoms with Crippen molar-refractivity contribution in [1.29, 1.82) is 0 Å². The lowest BCUT2D eigenvalue weighted by Crippen LogP contribution is -2.26. The number of hydrogen-bond acceptors (Lipinski definition) is 3. The van der Waals surface area contributed by atoms with Crippen molar-refractivity contribution in [3.05, 3.63) is 0 Å². The minimum Gasteiger partial charge on any atom is -0.481 e. The van der Waals surface area contributed by atoms with Gasteiger partial charge in [0, 0.05) is 13.0 Å². The predicted octanol–water partition coefficient (Wildman–Crippen LogP) is 1.27. The molecular formula is C8H16O4Si. The average molecular weight is 204 g/mol. The van der Waals surface area contributed by atoms with Crippen LogP contribution in [0.1, 0.15) is 12.8 Å². The van der Waals surface area contributed by atoms with Crippen molar-refractivity contribution in [3.8, 4) is 0 Å². The molecule has 0 aromatic rings. The molecule has 0 bridgehead atoms. The van der Waals surface area contributed by atoms with Crippen LogP contribution < -0.4 is 0 Å². The van der Waals surface area contributed by atoms with Gasteiger partial charge in [-0.05, 0) is 19.6 Å². The van der Waals surface area contributed by atoms with Crippen LogP contribution in [0.25, 0.3) is 0 Å². The zero-order chi connectivity index (χ0) is 10.5. The lowest BCUT2D eigenvalue weighted by molar-refractivity contribution is -0.140. The Kier molecular flexibility index (Phi) is 4.86. The highest BCUT2D eigenvalue weighted by Gasteiger charge is 2.15. The van der Waals surface area contributed by atoms with Gasteiger partial charge in [0.15, 0.2) is 8.32 Å². The molecule has 0 heterocycles. The van der Waals surface area contributed by atoms with Gasteiger partial charge in [-0.25, -0.2) is 0 Å². The summed E-state index contributed by atoms with van der Waals surface area (Å²) in [6.07, 6.45) is -0.189. The van der Waals surface area contributed by atoms with Crippen molar-refractivity contribution >= 4 is 20.1 Å². The predicted molar refractivity (Wildman–Crippen MR) is 51.2 cm³/mol. The molecule has 1 N–H and O–H groups in total. The normalized spacial score (nSPS) is 11.3. The standard InChI is InChI=1S/C8H16O4Si/c1-13(2,3)12-5-4-7(9)6-8(10)11/h4-6H2,1-3H3,(H,10,11). The molecule has 0 radical (unpaired) electrons.